The molecule has 2 rings (SSSR count). The Kier molecular flexibility index (Phi) is 6.43. The number of carbonyl (C=O) groups excluding carboxylic acids is 1. The van der Waals surface area contributed by atoms with Gasteiger partial charge in [-0.3, -0.25) is 0 Å². The van der Waals surface area contributed by atoms with Gasteiger partial charge in [0.05, 0.1) is 18.3 Å². The third-order valence-corrected chi connectivity index (χ3v) is 4.14. The summed E-state index contributed by atoms with van der Waals surface area (Å²) in [4.78, 5) is 14.3. The van der Waals surface area contributed by atoms with Crippen LogP contribution in [0.3, 0.4) is 0 Å². The Hall–Kier alpha value is -2.05. The fraction of sp³-hybridized carbons (Fsp3) is 0.353. The minimum Gasteiger partial charge on any atom is -0.492 e. The Labute approximate surface area is 141 Å². The number of anilines is 1. The second-order valence-corrected chi connectivity index (χ2v) is 6.08. The molecule has 0 aliphatic rings. The number of benzene rings is 1. The van der Waals surface area contributed by atoms with Crippen molar-refractivity contribution in [1.82, 2.24) is 10.2 Å². The lowest BCUT2D eigenvalue weighted by Crippen LogP contribution is -2.36. The summed E-state index contributed by atoms with van der Waals surface area (Å²) in [5.74, 6) is 0.673. The molecule has 23 heavy (non-hydrogen) atoms. The van der Waals surface area contributed by atoms with E-state index in [1.165, 1.54) is 5.56 Å². The zero-order chi connectivity index (χ0) is 16.7. The van der Waals surface area contributed by atoms with Crippen molar-refractivity contribution < 1.29 is 9.53 Å². The van der Waals surface area contributed by atoms with Gasteiger partial charge in [-0.2, -0.15) is 11.3 Å². The van der Waals surface area contributed by atoms with E-state index < -0.39 is 0 Å². The summed E-state index contributed by atoms with van der Waals surface area (Å²) in [5.41, 5.74) is 1.87. The largest absolute Gasteiger partial charge is 0.492 e. The lowest BCUT2D eigenvalue weighted by molar-refractivity contribution is 0.243. The molecule has 0 saturated heterocycles. The Morgan fingerprint density at radius 3 is 2.74 bits per heavy atom. The van der Waals surface area contributed by atoms with Gasteiger partial charge in [0.15, 0.2) is 0 Å². The van der Waals surface area contributed by atoms with Gasteiger partial charge >= 0.3 is 6.03 Å². The molecule has 0 saturated carbocycles. The number of hydrogen-bond donors (Lipinski definition) is 2. The highest BCUT2D eigenvalue weighted by atomic mass is 32.1. The molecule has 1 atom stereocenters. The van der Waals surface area contributed by atoms with Gasteiger partial charge in [-0.05, 0) is 55.5 Å². The molecule has 1 unspecified atom stereocenters. The molecule has 5 nitrogen and oxygen atoms in total. The first-order chi connectivity index (χ1) is 11.1. The Balaban J connectivity index is 1.94. The van der Waals surface area contributed by atoms with E-state index in [0.717, 1.165) is 0 Å². The van der Waals surface area contributed by atoms with Crippen LogP contribution in [0.5, 0.6) is 5.75 Å². The van der Waals surface area contributed by atoms with Gasteiger partial charge in [0.2, 0.25) is 0 Å². The summed E-state index contributed by atoms with van der Waals surface area (Å²) in [6.07, 6.45) is 0. The van der Waals surface area contributed by atoms with E-state index in [1.807, 2.05) is 50.7 Å². The molecule has 2 aromatic rings. The van der Waals surface area contributed by atoms with E-state index in [-0.39, 0.29) is 12.1 Å². The van der Waals surface area contributed by atoms with E-state index >= 15 is 0 Å². The predicted octanol–water partition coefficient (Wildman–Crippen LogP) is 3.57. The van der Waals surface area contributed by atoms with E-state index in [2.05, 4.69) is 27.0 Å². The van der Waals surface area contributed by atoms with Crippen molar-refractivity contribution in [3.63, 3.8) is 0 Å². The number of amides is 2. The summed E-state index contributed by atoms with van der Waals surface area (Å²) < 4.78 is 5.51. The maximum atomic E-state index is 12.2. The summed E-state index contributed by atoms with van der Waals surface area (Å²) in [6, 6.07) is 9.41. The molecule has 1 heterocycles. The lowest BCUT2D eigenvalue weighted by atomic mass is 10.1. The first-order valence-electron chi connectivity index (χ1n) is 7.57. The first-order valence-corrected chi connectivity index (χ1v) is 8.51. The number of ether oxygens (including phenoxy) is 1. The number of rotatable bonds is 7. The van der Waals surface area contributed by atoms with E-state index in [1.54, 1.807) is 11.3 Å². The van der Waals surface area contributed by atoms with Crippen LogP contribution < -0.4 is 15.4 Å². The number of urea groups is 1. The highest BCUT2D eigenvalue weighted by Crippen LogP contribution is 2.24. The minimum absolute atomic E-state index is 0.147. The fourth-order valence-electron chi connectivity index (χ4n) is 2.27. The number of para-hydroxylation sites is 2. The fourth-order valence-corrected chi connectivity index (χ4v) is 2.98. The normalized spacial score (nSPS) is 12.0. The van der Waals surface area contributed by atoms with Crippen molar-refractivity contribution in [2.45, 2.75) is 13.0 Å². The van der Waals surface area contributed by atoms with Crippen LogP contribution in [0.25, 0.3) is 0 Å². The SMILES string of the molecule is CCOc1ccccc1NC(=O)NCC(c1ccsc1)N(C)C. The van der Waals surface area contributed by atoms with Crippen molar-refractivity contribution >= 4 is 23.1 Å². The molecule has 0 fully saturated rings. The van der Waals surface area contributed by atoms with Gasteiger partial charge in [-0.1, -0.05) is 12.1 Å². The summed E-state index contributed by atoms with van der Waals surface area (Å²) >= 11 is 1.66. The Morgan fingerprint density at radius 1 is 1.30 bits per heavy atom. The van der Waals surface area contributed by atoms with E-state index in [4.69, 9.17) is 4.74 Å². The maximum Gasteiger partial charge on any atom is 0.319 e. The third kappa shape index (κ3) is 4.97. The number of nitrogens with zero attached hydrogens (tertiary/aromatic N) is 1. The van der Waals surface area contributed by atoms with Crippen molar-refractivity contribution in [2.24, 2.45) is 0 Å². The van der Waals surface area contributed by atoms with Crippen LogP contribution in [-0.4, -0.2) is 38.2 Å². The predicted molar refractivity (Wildman–Crippen MR) is 95.4 cm³/mol. The van der Waals surface area contributed by atoms with Crippen molar-refractivity contribution in [1.29, 1.82) is 0 Å². The van der Waals surface area contributed by atoms with Crippen LogP contribution in [0.1, 0.15) is 18.5 Å². The van der Waals surface area contributed by atoms with Gasteiger partial charge in [0.1, 0.15) is 5.75 Å². The number of carbonyl (C=O) groups is 1. The molecule has 0 aliphatic heterocycles. The average Bonchev–Trinajstić information content (AvgIpc) is 3.03. The maximum absolute atomic E-state index is 12.2. The van der Waals surface area contributed by atoms with Crippen LogP contribution in [0.2, 0.25) is 0 Å². The van der Waals surface area contributed by atoms with Crippen molar-refractivity contribution in [2.75, 3.05) is 32.6 Å². The molecular weight excluding hydrogens is 310 g/mol. The lowest BCUT2D eigenvalue weighted by Gasteiger charge is -2.24. The Bertz CT molecular complexity index is 614. The molecule has 0 bridgehead atoms. The van der Waals surface area contributed by atoms with E-state index in [9.17, 15) is 4.79 Å². The monoisotopic (exact) mass is 333 g/mol. The summed E-state index contributed by atoms with van der Waals surface area (Å²) in [5, 5.41) is 9.92. The first kappa shape index (κ1) is 17.3. The molecule has 2 N–H and O–H groups in total. The number of likely N-dealkylation sites (N-methyl/N-ethyl adjacent to an activating group) is 1. The molecule has 6 heteroatoms. The third-order valence-electron chi connectivity index (χ3n) is 3.44. The van der Waals surface area contributed by atoms with Gasteiger partial charge in [-0.25, -0.2) is 4.79 Å². The molecule has 0 radical (unpaired) electrons. The molecule has 124 valence electrons. The van der Waals surface area contributed by atoms with Crippen LogP contribution >= 0.6 is 11.3 Å². The van der Waals surface area contributed by atoms with Gasteiger partial charge < -0.3 is 20.3 Å². The second kappa shape index (κ2) is 8.55. The summed E-state index contributed by atoms with van der Waals surface area (Å²) in [7, 11) is 4.01. The van der Waals surface area contributed by atoms with Crippen LogP contribution in [0.15, 0.2) is 41.1 Å². The second-order valence-electron chi connectivity index (χ2n) is 5.30. The highest BCUT2D eigenvalue weighted by molar-refractivity contribution is 7.07. The summed E-state index contributed by atoms with van der Waals surface area (Å²) in [6.45, 7) is 3.01. The molecular formula is C17H23N3O2S. The quantitative estimate of drug-likeness (QED) is 0.814. The van der Waals surface area contributed by atoms with Crippen molar-refractivity contribution in [3.05, 3.63) is 46.7 Å². The molecule has 0 spiro atoms. The average molecular weight is 333 g/mol. The van der Waals surface area contributed by atoms with Gasteiger partial charge in [-0.15, -0.1) is 0 Å². The number of nitrogens with one attached hydrogen (secondary N) is 2. The highest BCUT2D eigenvalue weighted by Gasteiger charge is 2.16. The molecule has 0 aliphatic carbocycles. The Morgan fingerprint density at radius 2 is 2.09 bits per heavy atom. The molecule has 1 aromatic heterocycles. The molecule has 1 aromatic carbocycles. The van der Waals surface area contributed by atoms with Crippen LogP contribution in [0, 0.1) is 0 Å². The number of thiophene rings is 1. The van der Waals surface area contributed by atoms with Gasteiger partial charge in [0.25, 0.3) is 0 Å². The zero-order valence-corrected chi connectivity index (χ0v) is 14.5. The zero-order valence-electron chi connectivity index (χ0n) is 13.7. The number of hydrogen-bond acceptors (Lipinski definition) is 4. The molecule has 2 amide bonds. The topological polar surface area (TPSA) is 53.6 Å². The standard InChI is InChI=1S/C17H23N3O2S/c1-4-22-16-8-6-5-7-14(16)19-17(21)18-11-15(20(2)3)13-9-10-23-12-13/h5-10,12,15H,4,11H2,1-3H3,(H2,18,19,21). The van der Waals surface area contributed by atoms with Crippen LogP contribution in [-0.2, 0) is 0 Å². The van der Waals surface area contributed by atoms with E-state index in [0.29, 0.717) is 24.6 Å². The smallest absolute Gasteiger partial charge is 0.319 e. The van der Waals surface area contributed by atoms with Crippen LogP contribution in [0.4, 0.5) is 10.5 Å². The minimum atomic E-state index is -0.237. The van der Waals surface area contributed by atoms with Gasteiger partial charge in [0, 0.05) is 6.54 Å². The van der Waals surface area contributed by atoms with Crippen molar-refractivity contribution in [3.8, 4) is 5.75 Å².